The van der Waals surface area contributed by atoms with Crippen LogP contribution in [-0.2, 0) is 4.79 Å². The third-order valence-corrected chi connectivity index (χ3v) is 8.20. The molecule has 0 radical (unpaired) electrons. The van der Waals surface area contributed by atoms with Gasteiger partial charge in [0.25, 0.3) is 0 Å². The number of pyridine rings is 1. The highest BCUT2D eigenvalue weighted by atomic mass is 35.5. The first kappa shape index (κ1) is 27.2. The van der Waals surface area contributed by atoms with Crippen LogP contribution in [0.5, 0.6) is 0 Å². The Kier molecular flexibility index (Phi) is 7.93. The van der Waals surface area contributed by atoms with Crippen LogP contribution in [0.15, 0.2) is 72.9 Å². The Labute approximate surface area is 244 Å². The lowest BCUT2D eigenvalue weighted by molar-refractivity contribution is -0.116. The zero-order chi connectivity index (χ0) is 27.7. The molecule has 2 aromatic heterocycles. The van der Waals surface area contributed by atoms with E-state index in [4.69, 9.17) is 35.4 Å². The zero-order valence-electron chi connectivity index (χ0n) is 21.9. The number of nitrogens with one attached hydrogen (secondary N) is 2. The number of hydrogen-bond acceptors (Lipinski definition) is 3. The molecule has 2 N–H and O–H groups in total. The quantitative estimate of drug-likeness (QED) is 0.229. The first-order valence-corrected chi connectivity index (χ1v) is 13.9. The van der Waals surface area contributed by atoms with Crippen LogP contribution >= 0.6 is 35.4 Å². The van der Waals surface area contributed by atoms with E-state index in [-0.39, 0.29) is 24.4 Å². The molecule has 1 saturated heterocycles. The van der Waals surface area contributed by atoms with E-state index in [0.29, 0.717) is 21.7 Å². The standard InChI is InChI=1S/C30H29Cl2N5OS/c1-18-8-6-9-21(16-18)34-26(38)13-15-36-29(28(35-30(36)39)24-11-4-5-14-33-24)22-17-19(2)37(20(22)3)25-12-7-10-23(31)27(25)32/h4-12,14,16-17,28-29H,13,15H2,1-3H3,(H,34,38)(H,35,39)/t28-,29-/m1/s1. The van der Waals surface area contributed by atoms with Crippen molar-refractivity contribution in [3.05, 3.63) is 111 Å². The number of aryl methyl sites for hydroxylation is 2. The van der Waals surface area contributed by atoms with Crippen molar-refractivity contribution in [3.8, 4) is 5.69 Å². The highest BCUT2D eigenvalue weighted by Crippen LogP contribution is 2.42. The molecular formula is C30H29Cl2N5OS. The third-order valence-electron chi connectivity index (χ3n) is 7.04. The van der Waals surface area contributed by atoms with Crippen LogP contribution in [0.3, 0.4) is 0 Å². The summed E-state index contributed by atoms with van der Waals surface area (Å²) in [6, 6.07) is 21.0. The second-order valence-corrected chi connectivity index (χ2v) is 10.9. The van der Waals surface area contributed by atoms with Gasteiger partial charge in [-0.15, -0.1) is 0 Å². The van der Waals surface area contributed by atoms with E-state index in [1.165, 1.54) is 0 Å². The average Bonchev–Trinajstić information content (AvgIpc) is 3.39. The molecule has 200 valence electrons. The molecule has 2 aromatic carbocycles. The molecule has 0 saturated carbocycles. The topological polar surface area (TPSA) is 62.2 Å². The van der Waals surface area contributed by atoms with Crippen LogP contribution in [0, 0.1) is 20.8 Å². The molecule has 1 amide bonds. The Morgan fingerprint density at radius 2 is 1.85 bits per heavy atom. The van der Waals surface area contributed by atoms with Crippen molar-refractivity contribution in [1.29, 1.82) is 0 Å². The summed E-state index contributed by atoms with van der Waals surface area (Å²) in [5, 5.41) is 8.06. The summed E-state index contributed by atoms with van der Waals surface area (Å²) < 4.78 is 2.11. The smallest absolute Gasteiger partial charge is 0.226 e. The molecule has 0 bridgehead atoms. The van der Waals surface area contributed by atoms with Gasteiger partial charge >= 0.3 is 0 Å². The summed E-state index contributed by atoms with van der Waals surface area (Å²) in [7, 11) is 0. The molecule has 2 atom stereocenters. The van der Waals surface area contributed by atoms with Crippen molar-refractivity contribution in [1.82, 2.24) is 19.8 Å². The van der Waals surface area contributed by atoms with Crippen molar-refractivity contribution in [3.63, 3.8) is 0 Å². The number of benzene rings is 2. The van der Waals surface area contributed by atoms with E-state index in [2.05, 4.69) is 38.1 Å². The first-order chi connectivity index (χ1) is 18.7. The monoisotopic (exact) mass is 577 g/mol. The second-order valence-electron chi connectivity index (χ2n) is 9.72. The number of nitrogens with zero attached hydrogens (tertiary/aromatic N) is 3. The fourth-order valence-electron chi connectivity index (χ4n) is 5.28. The number of carbonyl (C=O) groups is 1. The zero-order valence-corrected chi connectivity index (χ0v) is 24.2. The lowest BCUT2D eigenvalue weighted by atomic mass is 9.96. The Balaban J connectivity index is 1.49. The summed E-state index contributed by atoms with van der Waals surface area (Å²) in [5.74, 6) is -0.0698. The van der Waals surface area contributed by atoms with Crippen molar-refractivity contribution in [2.45, 2.75) is 39.3 Å². The number of hydrogen-bond donors (Lipinski definition) is 2. The maximum absolute atomic E-state index is 12.9. The van der Waals surface area contributed by atoms with Crippen LogP contribution < -0.4 is 10.6 Å². The maximum atomic E-state index is 12.9. The van der Waals surface area contributed by atoms with Crippen molar-refractivity contribution >= 4 is 52.1 Å². The summed E-state index contributed by atoms with van der Waals surface area (Å²) in [6.07, 6.45) is 2.06. The van der Waals surface area contributed by atoms with Gasteiger partial charge in [-0.2, -0.15) is 0 Å². The molecule has 1 fully saturated rings. The number of thiocarbonyl (C=S) groups is 1. The molecule has 1 aliphatic heterocycles. The minimum atomic E-state index is -0.192. The van der Waals surface area contributed by atoms with Crippen molar-refractivity contribution in [2.75, 3.05) is 11.9 Å². The summed E-state index contributed by atoms with van der Waals surface area (Å²) in [4.78, 5) is 19.6. The second kappa shape index (κ2) is 11.4. The molecule has 0 spiro atoms. The van der Waals surface area contributed by atoms with E-state index >= 15 is 0 Å². The van der Waals surface area contributed by atoms with E-state index in [1.807, 2.05) is 68.4 Å². The van der Waals surface area contributed by atoms with Crippen LogP contribution in [0.4, 0.5) is 5.69 Å². The lowest BCUT2D eigenvalue weighted by Crippen LogP contribution is -2.32. The fourth-order valence-corrected chi connectivity index (χ4v) is 5.99. The Hall–Kier alpha value is -3.39. The van der Waals surface area contributed by atoms with Gasteiger partial charge in [0, 0.05) is 36.2 Å². The molecule has 0 aliphatic carbocycles. The van der Waals surface area contributed by atoms with E-state index < -0.39 is 0 Å². The van der Waals surface area contributed by atoms with Crippen molar-refractivity contribution in [2.24, 2.45) is 0 Å². The van der Waals surface area contributed by atoms with Crippen LogP contribution in [0.25, 0.3) is 5.69 Å². The molecule has 0 unspecified atom stereocenters. The summed E-state index contributed by atoms with van der Waals surface area (Å²) in [5.41, 5.74) is 6.67. The van der Waals surface area contributed by atoms with Gasteiger partial charge in [0.15, 0.2) is 5.11 Å². The molecule has 5 rings (SSSR count). The first-order valence-electron chi connectivity index (χ1n) is 12.7. The number of carbonyl (C=O) groups excluding carboxylic acids is 1. The minimum Gasteiger partial charge on any atom is -0.352 e. The molecular weight excluding hydrogens is 549 g/mol. The number of amides is 1. The van der Waals surface area contributed by atoms with Gasteiger partial charge in [-0.05, 0) is 86.6 Å². The Morgan fingerprint density at radius 1 is 1.05 bits per heavy atom. The lowest BCUT2D eigenvalue weighted by Gasteiger charge is -2.28. The molecule has 39 heavy (non-hydrogen) atoms. The molecule has 1 aliphatic rings. The summed E-state index contributed by atoms with van der Waals surface area (Å²) in [6.45, 7) is 6.56. The summed E-state index contributed by atoms with van der Waals surface area (Å²) >= 11 is 18.8. The average molecular weight is 579 g/mol. The molecule has 9 heteroatoms. The molecule has 3 heterocycles. The van der Waals surface area contributed by atoms with Gasteiger partial charge in [-0.1, -0.05) is 47.5 Å². The van der Waals surface area contributed by atoms with Gasteiger partial charge in [0.2, 0.25) is 5.91 Å². The predicted molar refractivity (Wildman–Crippen MR) is 162 cm³/mol. The van der Waals surface area contributed by atoms with Crippen molar-refractivity contribution < 1.29 is 4.79 Å². The Bertz CT molecular complexity index is 1540. The van der Waals surface area contributed by atoms with Gasteiger partial charge in [-0.25, -0.2) is 0 Å². The van der Waals surface area contributed by atoms with Gasteiger partial charge in [0.1, 0.15) is 0 Å². The SMILES string of the molecule is Cc1cccc(NC(=O)CCN2C(=S)N[C@H](c3ccccn3)[C@H]2c2cc(C)n(-c3cccc(Cl)c3Cl)c2C)c1. The number of anilines is 1. The van der Waals surface area contributed by atoms with Gasteiger partial charge < -0.3 is 20.1 Å². The van der Waals surface area contributed by atoms with Crippen LogP contribution in [0.2, 0.25) is 10.0 Å². The van der Waals surface area contributed by atoms with E-state index in [0.717, 1.165) is 39.6 Å². The van der Waals surface area contributed by atoms with Crippen LogP contribution in [-0.4, -0.2) is 32.0 Å². The number of halogens is 2. The normalized spacial score (nSPS) is 16.8. The highest BCUT2D eigenvalue weighted by Gasteiger charge is 2.41. The number of rotatable bonds is 7. The third kappa shape index (κ3) is 5.53. The minimum absolute atomic E-state index is 0.0698. The highest BCUT2D eigenvalue weighted by molar-refractivity contribution is 7.80. The van der Waals surface area contributed by atoms with E-state index in [9.17, 15) is 4.79 Å². The van der Waals surface area contributed by atoms with Gasteiger partial charge in [-0.3, -0.25) is 9.78 Å². The molecule has 4 aromatic rings. The van der Waals surface area contributed by atoms with Gasteiger partial charge in [0.05, 0.1) is 33.5 Å². The fraction of sp³-hybridized carbons (Fsp3) is 0.233. The van der Waals surface area contributed by atoms with Crippen LogP contribution in [0.1, 0.15) is 46.7 Å². The van der Waals surface area contributed by atoms with E-state index in [1.54, 1.807) is 12.3 Å². The molecule has 6 nitrogen and oxygen atoms in total. The maximum Gasteiger partial charge on any atom is 0.226 e. The predicted octanol–water partition coefficient (Wildman–Crippen LogP) is 7.11. The largest absolute Gasteiger partial charge is 0.352 e. The Morgan fingerprint density at radius 3 is 2.59 bits per heavy atom. The number of aromatic nitrogens is 2.